The molecule has 23 heteroatoms. The van der Waals surface area contributed by atoms with Gasteiger partial charge in [-0.05, 0) is 19.4 Å². The maximum atomic E-state index is 13.5. The third kappa shape index (κ3) is 10.3. The highest BCUT2D eigenvalue weighted by Gasteiger charge is 2.62. The molecule has 0 bridgehead atoms. The van der Waals surface area contributed by atoms with E-state index in [1.165, 1.54) is 0 Å². The second kappa shape index (κ2) is 17.1. The maximum Gasteiger partial charge on any atom is 0.316 e. The molecule has 2 heterocycles. The van der Waals surface area contributed by atoms with Gasteiger partial charge in [0.2, 0.25) is 29.5 Å². The fraction of sp³-hybridized carbons (Fsp3) is 0.640. The number of primary amides is 1. The van der Waals surface area contributed by atoms with Crippen LogP contribution in [0.1, 0.15) is 32.1 Å². The van der Waals surface area contributed by atoms with Crippen molar-refractivity contribution in [2.24, 2.45) is 17.2 Å². The third-order valence-corrected chi connectivity index (χ3v) is 7.55. The van der Waals surface area contributed by atoms with Crippen molar-refractivity contribution in [2.45, 2.75) is 80.2 Å². The van der Waals surface area contributed by atoms with Gasteiger partial charge >= 0.3 is 6.03 Å². The van der Waals surface area contributed by atoms with Crippen LogP contribution in [0.5, 0.6) is 0 Å². The Morgan fingerprint density at radius 1 is 1.08 bits per heavy atom. The first kappa shape index (κ1) is 38.0. The molecule has 0 aromatic heterocycles. The molecule has 8 amide bonds. The van der Waals surface area contributed by atoms with Crippen LogP contribution in [0.25, 0.3) is 0 Å². The summed E-state index contributed by atoms with van der Waals surface area (Å²) in [6.45, 7) is -1.31. The van der Waals surface area contributed by atoms with E-state index >= 15 is 0 Å². The number of carbonyl (C=O) groups is 7. The second-order valence-electron chi connectivity index (χ2n) is 11.4. The van der Waals surface area contributed by atoms with E-state index in [9.17, 15) is 48.9 Å². The first-order chi connectivity index (χ1) is 22.7. The van der Waals surface area contributed by atoms with Crippen LogP contribution in [0.15, 0.2) is 11.9 Å². The van der Waals surface area contributed by atoms with Crippen LogP contribution < -0.4 is 65.4 Å². The summed E-state index contributed by atoms with van der Waals surface area (Å²) >= 11 is 0. The smallest absolute Gasteiger partial charge is 0.316 e. The van der Waals surface area contributed by atoms with Crippen LogP contribution in [0.3, 0.4) is 0 Å². The lowest BCUT2D eigenvalue weighted by atomic mass is 10.0. The number of aliphatic hydroxyl groups excluding tert-OH is 3. The van der Waals surface area contributed by atoms with Crippen molar-refractivity contribution in [1.29, 1.82) is 0 Å². The number of rotatable bonds is 9. The van der Waals surface area contributed by atoms with Gasteiger partial charge in [-0.15, -0.1) is 0 Å². The average Bonchev–Trinajstić information content (AvgIpc) is 3.69. The van der Waals surface area contributed by atoms with Crippen LogP contribution in [-0.4, -0.2) is 125 Å². The van der Waals surface area contributed by atoms with E-state index in [0.717, 1.165) is 0 Å². The molecule has 23 nitrogen and oxygen atoms in total. The number of nitrogens with two attached hydrogens (primary N) is 3. The minimum Gasteiger partial charge on any atom is -0.394 e. The Morgan fingerprint density at radius 2 is 1.79 bits per heavy atom. The van der Waals surface area contributed by atoms with Crippen molar-refractivity contribution in [3.05, 3.63) is 11.9 Å². The van der Waals surface area contributed by atoms with Crippen molar-refractivity contribution in [2.75, 3.05) is 19.7 Å². The third-order valence-electron chi connectivity index (χ3n) is 7.55. The van der Waals surface area contributed by atoms with E-state index in [-0.39, 0.29) is 19.3 Å². The predicted octanol–water partition coefficient (Wildman–Crippen LogP) is -8.62. The maximum absolute atomic E-state index is 13.5. The predicted molar refractivity (Wildman–Crippen MR) is 159 cm³/mol. The van der Waals surface area contributed by atoms with E-state index in [2.05, 4.69) is 42.9 Å². The Kier molecular flexibility index (Phi) is 13.5. The number of hydrogen-bond acceptors (Lipinski definition) is 15. The van der Waals surface area contributed by atoms with Crippen molar-refractivity contribution in [1.82, 2.24) is 48.2 Å². The fourth-order valence-electron chi connectivity index (χ4n) is 4.77. The first-order valence-corrected chi connectivity index (χ1v) is 14.9. The minimum absolute atomic E-state index is 0.232. The van der Waals surface area contributed by atoms with Gasteiger partial charge in [0.25, 0.3) is 5.91 Å². The fourth-order valence-corrected chi connectivity index (χ4v) is 4.77. The van der Waals surface area contributed by atoms with Crippen molar-refractivity contribution in [3.8, 4) is 0 Å². The van der Waals surface area contributed by atoms with Gasteiger partial charge < -0.3 is 69.7 Å². The lowest BCUT2D eigenvalue weighted by Crippen LogP contribution is -2.65. The summed E-state index contributed by atoms with van der Waals surface area (Å²) in [5.74, 6) is -6.21. The highest BCUT2D eigenvalue weighted by molar-refractivity contribution is 6.03. The zero-order valence-electron chi connectivity index (χ0n) is 25.6. The SMILES string of the molecule is NCCC[C@H](N)CC(=O)NC1CNC(=O)[C@H]([C@H]2C[C@H](O)NON2)NC(=O)/C(=C/NC(N)=O)NC(=O)[C@H](CO)NC(=O)C2(C[C@H]2O)NC1=O. The van der Waals surface area contributed by atoms with E-state index < -0.39 is 108 Å². The Hall–Kier alpha value is -4.49. The molecule has 0 aromatic rings. The summed E-state index contributed by atoms with van der Waals surface area (Å²) in [6.07, 6.45) is -1.93. The lowest BCUT2D eigenvalue weighted by Gasteiger charge is -2.33. The number of urea groups is 1. The summed E-state index contributed by atoms with van der Waals surface area (Å²) < 4.78 is 0. The molecule has 3 fully saturated rings. The molecule has 0 aromatic carbocycles. The molecule has 1 spiro atoms. The van der Waals surface area contributed by atoms with Crippen LogP contribution in [-0.2, 0) is 33.7 Å². The molecule has 48 heavy (non-hydrogen) atoms. The Morgan fingerprint density at radius 3 is 2.40 bits per heavy atom. The topological polar surface area (TPSA) is 376 Å². The molecule has 268 valence electrons. The van der Waals surface area contributed by atoms with E-state index in [1.807, 2.05) is 5.32 Å². The molecule has 2 unspecified atom stereocenters. The van der Waals surface area contributed by atoms with E-state index in [1.54, 1.807) is 0 Å². The van der Waals surface area contributed by atoms with Crippen LogP contribution in [0, 0.1) is 0 Å². The molecule has 2 saturated heterocycles. The van der Waals surface area contributed by atoms with Gasteiger partial charge in [-0.25, -0.2) is 9.73 Å². The number of carbonyl (C=O) groups excluding carboxylic acids is 7. The average molecular weight is 687 g/mol. The van der Waals surface area contributed by atoms with E-state index in [0.29, 0.717) is 25.6 Å². The molecular formula is C25H42N12O11. The van der Waals surface area contributed by atoms with Gasteiger partial charge in [-0.3, -0.25) is 28.8 Å². The first-order valence-electron chi connectivity index (χ1n) is 14.9. The molecule has 18 N–H and O–H groups in total. The second-order valence-corrected chi connectivity index (χ2v) is 11.4. The zero-order chi connectivity index (χ0) is 35.6. The summed E-state index contributed by atoms with van der Waals surface area (Å²) in [5.41, 5.74) is 18.4. The quantitative estimate of drug-likeness (QED) is 0.100. The summed E-state index contributed by atoms with van der Waals surface area (Å²) in [4.78, 5) is 95.7. The van der Waals surface area contributed by atoms with Gasteiger partial charge in [-0.1, -0.05) is 0 Å². The van der Waals surface area contributed by atoms with Crippen LogP contribution in [0.4, 0.5) is 4.79 Å². The van der Waals surface area contributed by atoms with Gasteiger partial charge in [0, 0.05) is 38.0 Å². The van der Waals surface area contributed by atoms with Crippen molar-refractivity contribution >= 4 is 41.5 Å². The summed E-state index contributed by atoms with van der Waals surface area (Å²) in [5, 5.41) is 46.1. The normalized spacial score (nSPS) is 31.9. The highest BCUT2D eigenvalue weighted by Crippen LogP contribution is 2.36. The molecule has 2 aliphatic heterocycles. The number of hydrogen-bond donors (Lipinski definition) is 15. The molecule has 3 rings (SSSR count). The lowest BCUT2D eigenvalue weighted by molar-refractivity contribution is -0.169. The van der Waals surface area contributed by atoms with Crippen molar-refractivity contribution < 1.29 is 53.8 Å². The van der Waals surface area contributed by atoms with Crippen LogP contribution >= 0.6 is 0 Å². The Labute approximate surface area is 272 Å². The van der Waals surface area contributed by atoms with Crippen molar-refractivity contribution in [3.63, 3.8) is 0 Å². The number of aliphatic hydroxyl groups is 3. The minimum atomic E-state index is -2.00. The van der Waals surface area contributed by atoms with Gasteiger partial charge in [0.15, 0.2) is 0 Å². The highest BCUT2D eigenvalue weighted by atomic mass is 16.8. The molecule has 1 aliphatic carbocycles. The molecule has 1 saturated carbocycles. The van der Waals surface area contributed by atoms with Gasteiger partial charge in [0.1, 0.15) is 35.6 Å². The van der Waals surface area contributed by atoms with Gasteiger partial charge in [0.05, 0.1) is 18.8 Å². The zero-order valence-corrected chi connectivity index (χ0v) is 25.6. The largest absolute Gasteiger partial charge is 0.394 e. The number of hydroxylamine groups is 2. The summed E-state index contributed by atoms with van der Waals surface area (Å²) in [7, 11) is 0. The van der Waals surface area contributed by atoms with Gasteiger partial charge in [-0.2, -0.15) is 11.0 Å². The standard InChI is InChI=1S/C25H42N12O11/c26-3-1-2-10(27)4-16(40)31-13-7-29-22(45)18(11-5-17(41)37-48-36-11)34-19(42)12(8-30-24(28)47)32-20(43)14(9-38)33-23(46)25(6-15(25)39)35-21(13)44/h8,10-11,13-15,17-18,36-39,41H,1-7,9,26-27H2,(H,29,45)(H,31,40)(H,32,43)(H,33,46)(H,34,42)(H,35,44)(H3,28,30,47)/b12-8-/t10-,11+,13?,14-,15+,17-,18-,25?/m0/s1. The number of amides is 8. The molecule has 3 aliphatic rings. The molecule has 0 radical (unpaired) electrons. The molecular weight excluding hydrogens is 644 g/mol. The molecule has 8 atom stereocenters. The monoisotopic (exact) mass is 686 g/mol. The number of nitrogens with one attached hydrogen (secondary N) is 9. The van der Waals surface area contributed by atoms with E-state index in [4.69, 9.17) is 22.1 Å². The Bertz CT molecular complexity index is 1290. The summed E-state index contributed by atoms with van der Waals surface area (Å²) in [6, 6.07) is -7.88. The van der Waals surface area contributed by atoms with Crippen LogP contribution in [0.2, 0.25) is 0 Å². The Balaban J connectivity index is 1.99.